The van der Waals surface area contributed by atoms with E-state index in [1.54, 1.807) is 10.6 Å². The van der Waals surface area contributed by atoms with Crippen LogP contribution in [-0.2, 0) is 39.3 Å². The van der Waals surface area contributed by atoms with E-state index in [4.69, 9.17) is 14.5 Å². The molecule has 1 aliphatic carbocycles. The van der Waals surface area contributed by atoms with E-state index >= 15 is 0 Å². The van der Waals surface area contributed by atoms with Gasteiger partial charge in [-0.25, -0.2) is 4.98 Å². The summed E-state index contributed by atoms with van der Waals surface area (Å²) < 4.78 is 14.0. The second kappa shape index (κ2) is 13.8. The molecule has 3 atom stereocenters. The van der Waals surface area contributed by atoms with Gasteiger partial charge in [0.1, 0.15) is 18.5 Å². The lowest BCUT2D eigenvalue weighted by Gasteiger charge is -2.44. The van der Waals surface area contributed by atoms with E-state index in [0.717, 1.165) is 24.8 Å². The van der Waals surface area contributed by atoms with Gasteiger partial charge in [-0.3, -0.25) is 14.2 Å². The van der Waals surface area contributed by atoms with Crippen molar-refractivity contribution in [3.05, 3.63) is 142 Å². The highest BCUT2D eigenvalue weighted by atomic mass is 16.5. The van der Waals surface area contributed by atoms with E-state index < -0.39 is 0 Å². The lowest BCUT2D eigenvalue weighted by molar-refractivity contribution is -0.155. The van der Waals surface area contributed by atoms with Crippen molar-refractivity contribution in [3.63, 3.8) is 0 Å². The monoisotopic (exact) mass is 614 g/mol. The molecular formula is C40H42N2O4. The van der Waals surface area contributed by atoms with E-state index in [-0.39, 0.29) is 42.0 Å². The fourth-order valence-electron chi connectivity index (χ4n) is 6.97. The molecule has 6 heteroatoms. The molecule has 0 radical (unpaired) electrons. The van der Waals surface area contributed by atoms with Crippen LogP contribution in [-0.4, -0.2) is 21.6 Å². The highest BCUT2D eigenvalue weighted by molar-refractivity contribution is 5.78. The molecule has 236 valence electrons. The molecular weight excluding hydrogens is 572 g/mol. The first-order chi connectivity index (χ1) is 22.3. The van der Waals surface area contributed by atoms with Crippen LogP contribution >= 0.6 is 0 Å². The highest BCUT2D eigenvalue weighted by Gasteiger charge is 2.42. The predicted molar refractivity (Wildman–Crippen MR) is 182 cm³/mol. The van der Waals surface area contributed by atoms with Crippen LogP contribution in [0.3, 0.4) is 0 Å². The van der Waals surface area contributed by atoms with Gasteiger partial charge in [-0.1, -0.05) is 118 Å². The molecule has 0 unspecified atom stereocenters. The molecule has 0 saturated heterocycles. The molecule has 0 N–H and O–H groups in total. The number of fused-ring (bicyclic) bond motifs is 1. The van der Waals surface area contributed by atoms with E-state index in [0.29, 0.717) is 40.5 Å². The maximum atomic E-state index is 14.0. The van der Waals surface area contributed by atoms with Gasteiger partial charge in [0.15, 0.2) is 0 Å². The third-order valence-electron chi connectivity index (χ3n) is 9.54. The topological polar surface area (TPSA) is 70.4 Å². The Bertz CT molecular complexity index is 1850. The first-order valence-electron chi connectivity index (χ1n) is 16.3. The second-order valence-electron chi connectivity index (χ2n) is 13.1. The molecule has 6 rings (SSSR count). The third kappa shape index (κ3) is 6.82. The van der Waals surface area contributed by atoms with Crippen molar-refractivity contribution in [1.29, 1.82) is 0 Å². The Labute approximate surface area is 271 Å². The molecule has 0 amide bonds. The van der Waals surface area contributed by atoms with Gasteiger partial charge in [0.2, 0.25) is 0 Å². The van der Waals surface area contributed by atoms with Crippen molar-refractivity contribution in [2.24, 2.45) is 11.8 Å². The molecule has 0 spiro atoms. The van der Waals surface area contributed by atoms with Crippen LogP contribution in [0.2, 0.25) is 0 Å². The molecule has 5 aromatic rings. The van der Waals surface area contributed by atoms with Crippen LogP contribution < -0.4 is 5.56 Å². The van der Waals surface area contributed by atoms with E-state index in [1.165, 1.54) is 5.56 Å². The molecule has 46 heavy (non-hydrogen) atoms. The van der Waals surface area contributed by atoms with Crippen molar-refractivity contribution in [3.8, 4) is 5.69 Å². The standard InChI is InChI=1S/C40H42N2O4/c1-28-22-23-33(40(2,3)31-17-8-5-9-18-31)36(24-28)46-38(43)25-30-16-10-13-21-35(30)42-37(27-45-26-29-14-6-4-7-15-29)41-34-20-12-11-19-32(34)39(42)44/h4-21,28,33,36H,22-27H2,1-3H3/t28-,33-,36-/m1/s1. The molecule has 0 aliphatic heterocycles. The molecule has 1 heterocycles. The van der Waals surface area contributed by atoms with Crippen LogP contribution in [0.5, 0.6) is 0 Å². The molecule has 0 bridgehead atoms. The third-order valence-corrected chi connectivity index (χ3v) is 9.54. The van der Waals surface area contributed by atoms with Gasteiger partial charge in [0, 0.05) is 5.92 Å². The van der Waals surface area contributed by atoms with Crippen molar-refractivity contribution in [1.82, 2.24) is 9.55 Å². The zero-order chi connectivity index (χ0) is 32.1. The maximum absolute atomic E-state index is 14.0. The van der Waals surface area contributed by atoms with Crippen molar-refractivity contribution >= 4 is 16.9 Å². The van der Waals surface area contributed by atoms with E-state index in [2.05, 4.69) is 45.0 Å². The van der Waals surface area contributed by atoms with Gasteiger partial charge in [-0.05, 0) is 59.1 Å². The minimum absolute atomic E-state index is 0.0448. The number of carbonyl (C=O) groups is 1. The Kier molecular flexibility index (Phi) is 9.46. The Morgan fingerprint density at radius 3 is 2.30 bits per heavy atom. The average Bonchev–Trinajstić information content (AvgIpc) is 3.06. The number of esters is 1. The largest absolute Gasteiger partial charge is 0.462 e. The highest BCUT2D eigenvalue weighted by Crippen LogP contribution is 2.43. The summed E-state index contributed by atoms with van der Waals surface area (Å²) in [5, 5.41) is 0.508. The Hall–Kier alpha value is -4.55. The summed E-state index contributed by atoms with van der Waals surface area (Å²) in [6.45, 7) is 7.28. The number of rotatable bonds is 10. The van der Waals surface area contributed by atoms with E-state index in [1.807, 2.05) is 78.9 Å². The minimum atomic E-state index is -0.288. The van der Waals surface area contributed by atoms with Crippen LogP contribution in [0.4, 0.5) is 0 Å². The summed E-state index contributed by atoms with van der Waals surface area (Å²) in [5.74, 6) is 0.870. The molecule has 6 nitrogen and oxygen atoms in total. The van der Waals surface area contributed by atoms with Gasteiger partial charge < -0.3 is 9.47 Å². The Balaban J connectivity index is 1.28. The fraction of sp³-hybridized carbons (Fsp3) is 0.325. The average molecular weight is 615 g/mol. The van der Waals surface area contributed by atoms with Crippen LogP contribution in [0, 0.1) is 11.8 Å². The second-order valence-corrected chi connectivity index (χ2v) is 13.1. The maximum Gasteiger partial charge on any atom is 0.310 e. The number of aromatic nitrogens is 2. The minimum Gasteiger partial charge on any atom is -0.462 e. The van der Waals surface area contributed by atoms with Crippen molar-refractivity contribution < 1.29 is 14.3 Å². The SMILES string of the molecule is C[C@@H]1CC[C@@H](C(C)(C)c2ccccc2)[C@H](OC(=O)Cc2ccccc2-n2c(COCc3ccccc3)nc3ccccc3c2=O)C1. The summed E-state index contributed by atoms with van der Waals surface area (Å²) in [4.78, 5) is 32.6. The molecule has 1 saturated carbocycles. The number of para-hydroxylation sites is 2. The zero-order valence-corrected chi connectivity index (χ0v) is 26.9. The Morgan fingerprint density at radius 1 is 0.848 bits per heavy atom. The summed E-state index contributed by atoms with van der Waals surface area (Å²) in [5.41, 5.74) is 3.87. The Morgan fingerprint density at radius 2 is 1.52 bits per heavy atom. The number of benzene rings is 4. The number of hydrogen-bond donors (Lipinski definition) is 0. The molecule has 1 aromatic heterocycles. The number of ether oxygens (including phenoxy) is 2. The fourth-order valence-corrected chi connectivity index (χ4v) is 6.97. The lowest BCUT2D eigenvalue weighted by Crippen LogP contribution is -2.43. The smallest absolute Gasteiger partial charge is 0.310 e. The number of nitrogens with zero attached hydrogens (tertiary/aromatic N) is 2. The summed E-state index contributed by atoms with van der Waals surface area (Å²) in [6, 6.07) is 35.3. The lowest BCUT2D eigenvalue weighted by atomic mass is 9.64. The summed E-state index contributed by atoms with van der Waals surface area (Å²) in [7, 11) is 0. The first kappa shape index (κ1) is 31.4. The quantitative estimate of drug-likeness (QED) is 0.149. The van der Waals surface area contributed by atoms with E-state index in [9.17, 15) is 9.59 Å². The molecule has 1 aliphatic rings. The van der Waals surface area contributed by atoms with Crippen molar-refractivity contribution in [2.75, 3.05) is 0 Å². The summed E-state index contributed by atoms with van der Waals surface area (Å²) >= 11 is 0. The molecule has 1 fully saturated rings. The molecule has 4 aromatic carbocycles. The van der Waals surface area contributed by atoms with Crippen LogP contribution in [0.25, 0.3) is 16.6 Å². The van der Waals surface area contributed by atoms with Crippen LogP contribution in [0.15, 0.2) is 114 Å². The van der Waals surface area contributed by atoms with Gasteiger partial charge in [-0.15, -0.1) is 0 Å². The van der Waals surface area contributed by atoms with Gasteiger partial charge >= 0.3 is 5.97 Å². The van der Waals surface area contributed by atoms with Gasteiger partial charge in [0.05, 0.1) is 29.6 Å². The van der Waals surface area contributed by atoms with Gasteiger partial charge in [0.25, 0.3) is 5.56 Å². The van der Waals surface area contributed by atoms with Gasteiger partial charge in [-0.2, -0.15) is 0 Å². The summed E-state index contributed by atoms with van der Waals surface area (Å²) in [6.07, 6.45) is 2.81. The van der Waals surface area contributed by atoms with Crippen LogP contribution in [0.1, 0.15) is 62.5 Å². The normalized spacial score (nSPS) is 18.4. The number of hydrogen-bond acceptors (Lipinski definition) is 5. The zero-order valence-electron chi connectivity index (χ0n) is 26.9. The predicted octanol–water partition coefficient (Wildman–Crippen LogP) is 7.97. The van der Waals surface area contributed by atoms with Crippen molar-refractivity contribution in [2.45, 2.75) is 71.2 Å². The number of carbonyl (C=O) groups excluding carboxylic acids is 1. The first-order valence-corrected chi connectivity index (χ1v) is 16.3.